The van der Waals surface area contributed by atoms with E-state index in [1.54, 1.807) is 32.1 Å². The second-order valence-electron chi connectivity index (χ2n) is 6.41. The van der Waals surface area contributed by atoms with Crippen molar-refractivity contribution >= 4 is 0 Å². The minimum absolute atomic E-state index is 0.824. The molecule has 0 aromatic heterocycles. The summed E-state index contributed by atoms with van der Waals surface area (Å²) in [5.41, 5.74) is 0. The quantitative estimate of drug-likeness (QED) is 0.676. The Bertz CT molecular complexity index is 223. The maximum atomic E-state index is 3.44. The summed E-state index contributed by atoms with van der Waals surface area (Å²) in [5.74, 6) is 2.32. The van der Waals surface area contributed by atoms with Crippen molar-refractivity contribution in [3.8, 4) is 0 Å². The molecule has 4 atom stereocenters. The van der Waals surface area contributed by atoms with E-state index in [4.69, 9.17) is 0 Å². The second kappa shape index (κ2) is 4.66. The number of piperazine rings is 1. The molecule has 2 heterocycles. The Morgan fingerprint density at radius 2 is 1.75 bits per heavy atom. The molecule has 4 bridgehead atoms. The maximum Gasteiger partial charge on any atom is 0.0233 e. The van der Waals surface area contributed by atoms with Crippen LogP contribution in [0.1, 0.15) is 44.9 Å². The molecule has 0 radical (unpaired) electrons. The summed E-state index contributed by atoms with van der Waals surface area (Å²) in [5, 5.41) is 3.44. The molecule has 4 unspecified atom stereocenters. The van der Waals surface area contributed by atoms with Crippen LogP contribution in [0.4, 0.5) is 0 Å². The number of rotatable bonds is 0. The van der Waals surface area contributed by atoms with Crippen molar-refractivity contribution in [2.75, 3.05) is 20.1 Å². The molecule has 4 aliphatic rings. The molecular weight excluding hydrogens is 196 g/mol. The molecule has 16 heavy (non-hydrogen) atoms. The molecule has 2 aliphatic carbocycles. The largest absolute Gasteiger partial charge is 0.311 e. The van der Waals surface area contributed by atoms with Gasteiger partial charge in [0.25, 0.3) is 0 Å². The van der Waals surface area contributed by atoms with Gasteiger partial charge in [0, 0.05) is 25.2 Å². The van der Waals surface area contributed by atoms with E-state index >= 15 is 0 Å². The molecule has 1 N–H and O–H groups in total. The molecule has 0 spiro atoms. The third kappa shape index (κ3) is 2.28. The van der Waals surface area contributed by atoms with E-state index in [9.17, 15) is 0 Å². The molecular formula is C14H26N2. The number of hydrogen-bond donors (Lipinski definition) is 1. The van der Waals surface area contributed by atoms with Crippen LogP contribution >= 0.6 is 0 Å². The summed E-state index contributed by atoms with van der Waals surface area (Å²) in [7, 11) is 2.21. The van der Waals surface area contributed by atoms with Crippen LogP contribution in [0.15, 0.2) is 0 Å². The lowest BCUT2D eigenvalue weighted by Crippen LogP contribution is -2.41. The topological polar surface area (TPSA) is 15.3 Å². The van der Waals surface area contributed by atoms with Crippen molar-refractivity contribution in [3.63, 3.8) is 0 Å². The summed E-state index contributed by atoms with van der Waals surface area (Å²) >= 11 is 0. The zero-order valence-electron chi connectivity index (χ0n) is 10.6. The maximum absolute atomic E-state index is 3.44. The van der Waals surface area contributed by atoms with Crippen LogP contribution in [0.2, 0.25) is 0 Å². The summed E-state index contributed by atoms with van der Waals surface area (Å²) in [6.45, 7) is 2.49. The van der Waals surface area contributed by atoms with E-state index in [0.29, 0.717) is 0 Å². The fourth-order valence-corrected chi connectivity index (χ4v) is 4.17. The highest BCUT2D eigenvalue weighted by Gasteiger charge is 2.34. The molecule has 0 aromatic rings. The first kappa shape index (κ1) is 11.0. The second-order valence-corrected chi connectivity index (χ2v) is 6.41. The molecule has 2 nitrogen and oxygen atoms in total. The van der Waals surface area contributed by atoms with Gasteiger partial charge in [-0.1, -0.05) is 32.1 Å². The van der Waals surface area contributed by atoms with Gasteiger partial charge in [-0.2, -0.15) is 0 Å². The van der Waals surface area contributed by atoms with Crippen LogP contribution in [0.25, 0.3) is 0 Å². The third-order valence-electron chi connectivity index (χ3n) is 5.21. The van der Waals surface area contributed by atoms with Gasteiger partial charge in [0.2, 0.25) is 0 Å². The zero-order chi connectivity index (χ0) is 11.0. The third-order valence-corrected chi connectivity index (χ3v) is 5.21. The molecule has 2 saturated carbocycles. The van der Waals surface area contributed by atoms with Gasteiger partial charge >= 0.3 is 0 Å². The Morgan fingerprint density at radius 3 is 2.12 bits per heavy atom. The predicted molar refractivity (Wildman–Crippen MR) is 67.5 cm³/mol. The van der Waals surface area contributed by atoms with Crippen LogP contribution < -0.4 is 5.32 Å². The minimum Gasteiger partial charge on any atom is -0.311 e. The zero-order valence-corrected chi connectivity index (χ0v) is 10.6. The van der Waals surface area contributed by atoms with E-state index in [1.165, 1.54) is 25.9 Å². The molecule has 0 aromatic carbocycles. The van der Waals surface area contributed by atoms with Crippen molar-refractivity contribution in [1.29, 1.82) is 0 Å². The van der Waals surface area contributed by atoms with Crippen molar-refractivity contribution < 1.29 is 0 Å². The van der Waals surface area contributed by atoms with Crippen LogP contribution in [-0.2, 0) is 0 Å². The fourth-order valence-electron chi connectivity index (χ4n) is 4.17. The van der Waals surface area contributed by atoms with Gasteiger partial charge in [-0.15, -0.1) is 0 Å². The number of nitrogens with one attached hydrogen (secondary N) is 1. The minimum atomic E-state index is 0.824. The van der Waals surface area contributed by atoms with Gasteiger partial charge in [-0.05, 0) is 31.7 Å². The summed E-state index contributed by atoms with van der Waals surface area (Å²) in [6.07, 6.45) is 10.7. The number of likely N-dealkylation sites (tertiary alicyclic amines) is 1. The number of likely N-dealkylation sites (N-methyl/N-ethyl adjacent to an activating group) is 1. The predicted octanol–water partition coefficient (Wildman–Crippen LogP) is 2.25. The summed E-state index contributed by atoms with van der Waals surface area (Å²) in [6, 6.07) is 1.69. The Hall–Kier alpha value is -0.0800. The molecule has 92 valence electrons. The highest BCUT2D eigenvalue weighted by atomic mass is 15.3. The molecule has 2 heteroatoms. The standard InChI is InChI=1S/C8H14.C6H12N2/c1-2-7-4-5-8(3-1)6-7;1-8-4-5-2-6(8)3-7-5/h7-8H,1-6H2;5-7H,2-4H2,1H3. The number of hydrogen-bond acceptors (Lipinski definition) is 2. The van der Waals surface area contributed by atoms with Crippen LogP contribution in [-0.4, -0.2) is 37.1 Å². The first-order valence-electron chi connectivity index (χ1n) is 7.25. The molecule has 2 saturated heterocycles. The van der Waals surface area contributed by atoms with Gasteiger partial charge in [0.05, 0.1) is 0 Å². The van der Waals surface area contributed by atoms with Crippen molar-refractivity contribution in [2.45, 2.75) is 57.0 Å². The van der Waals surface area contributed by atoms with Crippen molar-refractivity contribution in [1.82, 2.24) is 10.2 Å². The summed E-state index contributed by atoms with van der Waals surface area (Å²) in [4.78, 5) is 2.45. The number of fused-ring (bicyclic) bond motifs is 4. The monoisotopic (exact) mass is 222 g/mol. The van der Waals surface area contributed by atoms with E-state index in [0.717, 1.165) is 23.9 Å². The first-order valence-corrected chi connectivity index (χ1v) is 7.25. The van der Waals surface area contributed by atoms with E-state index in [1.807, 2.05) is 0 Å². The van der Waals surface area contributed by atoms with Crippen LogP contribution in [0.3, 0.4) is 0 Å². The van der Waals surface area contributed by atoms with Gasteiger partial charge in [0.1, 0.15) is 0 Å². The molecule has 4 rings (SSSR count). The van der Waals surface area contributed by atoms with Crippen molar-refractivity contribution in [3.05, 3.63) is 0 Å². The van der Waals surface area contributed by atoms with Gasteiger partial charge < -0.3 is 10.2 Å². The first-order chi connectivity index (χ1) is 7.81. The van der Waals surface area contributed by atoms with Gasteiger partial charge in [-0.3, -0.25) is 0 Å². The normalized spacial score (nSPS) is 45.6. The lowest BCUT2D eigenvalue weighted by molar-refractivity contribution is 0.276. The Morgan fingerprint density at radius 1 is 1.00 bits per heavy atom. The van der Waals surface area contributed by atoms with E-state index in [-0.39, 0.29) is 0 Å². The Labute approximate surface area is 99.8 Å². The highest BCUT2D eigenvalue weighted by molar-refractivity contribution is 4.95. The Balaban J connectivity index is 0.000000101. The highest BCUT2D eigenvalue weighted by Crippen LogP contribution is 2.41. The van der Waals surface area contributed by atoms with Gasteiger partial charge in [0.15, 0.2) is 0 Å². The van der Waals surface area contributed by atoms with Gasteiger partial charge in [-0.25, -0.2) is 0 Å². The van der Waals surface area contributed by atoms with Crippen LogP contribution in [0, 0.1) is 11.8 Å². The molecule has 0 amide bonds. The summed E-state index contributed by atoms with van der Waals surface area (Å²) < 4.78 is 0. The van der Waals surface area contributed by atoms with Crippen LogP contribution in [0.5, 0.6) is 0 Å². The fraction of sp³-hybridized carbons (Fsp3) is 1.00. The SMILES string of the molecule is C1CC2CCC(C1)C2.CN1CC2CC1CN2. The van der Waals surface area contributed by atoms with Crippen molar-refractivity contribution in [2.24, 2.45) is 11.8 Å². The Kier molecular flexibility index (Phi) is 3.21. The van der Waals surface area contributed by atoms with E-state index < -0.39 is 0 Å². The smallest absolute Gasteiger partial charge is 0.0233 e. The van der Waals surface area contributed by atoms with E-state index in [2.05, 4.69) is 17.3 Å². The number of nitrogens with zero attached hydrogens (tertiary/aromatic N) is 1. The lowest BCUT2D eigenvalue weighted by Gasteiger charge is -2.21. The lowest BCUT2D eigenvalue weighted by atomic mass is 9.89. The average Bonchev–Trinajstić information content (AvgIpc) is 2.96. The average molecular weight is 222 g/mol. The molecule has 2 aliphatic heterocycles. The molecule has 4 fully saturated rings.